The molecule has 0 unspecified atom stereocenters. The first-order valence-electron chi connectivity index (χ1n) is 8.95. The SMILES string of the molecule is Cc1ccccc1NS(=O)(=O)c1ccc(C(=O)N(C)Cc2ccccc2F)cc1. The summed E-state index contributed by atoms with van der Waals surface area (Å²) in [6, 6.07) is 19.0. The summed E-state index contributed by atoms with van der Waals surface area (Å²) in [4.78, 5) is 14.0. The molecule has 150 valence electrons. The highest BCUT2D eigenvalue weighted by Crippen LogP contribution is 2.20. The lowest BCUT2D eigenvalue weighted by molar-refractivity contribution is 0.0783. The summed E-state index contributed by atoms with van der Waals surface area (Å²) in [5.74, 6) is -0.708. The Hall–Kier alpha value is -3.19. The number of aryl methyl sites for hydroxylation is 1. The zero-order chi connectivity index (χ0) is 21.0. The van der Waals surface area contributed by atoms with Gasteiger partial charge in [-0.25, -0.2) is 12.8 Å². The van der Waals surface area contributed by atoms with Gasteiger partial charge in [-0.2, -0.15) is 0 Å². The third-order valence-corrected chi connectivity index (χ3v) is 5.89. The molecular weight excluding hydrogens is 391 g/mol. The van der Waals surface area contributed by atoms with Crippen molar-refractivity contribution in [2.75, 3.05) is 11.8 Å². The van der Waals surface area contributed by atoms with E-state index in [4.69, 9.17) is 0 Å². The van der Waals surface area contributed by atoms with E-state index in [9.17, 15) is 17.6 Å². The van der Waals surface area contributed by atoms with Crippen molar-refractivity contribution in [1.29, 1.82) is 0 Å². The van der Waals surface area contributed by atoms with Crippen LogP contribution >= 0.6 is 0 Å². The first kappa shape index (κ1) is 20.5. The largest absolute Gasteiger partial charge is 0.337 e. The molecule has 5 nitrogen and oxygen atoms in total. The van der Waals surface area contributed by atoms with Crippen molar-refractivity contribution in [3.8, 4) is 0 Å². The van der Waals surface area contributed by atoms with Crippen LogP contribution in [-0.2, 0) is 16.6 Å². The fraction of sp³-hybridized carbons (Fsp3) is 0.136. The van der Waals surface area contributed by atoms with Gasteiger partial charge in [-0.1, -0.05) is 36.4 Å². The standard InChI is InChI=1S/C22H21FN2O3S/c1-16-7-3-6-10-21(16)24-29(27,28)19-13-11-17(12-14-19)22(26)25(2)15-18-8-4-5-9-20(18)23/h3-14,24H,15H2,1-2H3. The fourth-order valence-corrected chi connectivity index (χ4v) is 3.97. The molecule has 0 saturated heterocycles. The number of para-hydroxylation sites is 1. The van der Waals surface area contributed by atoms with Crippen molar-refractivity contribution in [2.45, 2.75) is 18.4 Å². The molecule has 0 aliphatic rings. The molecule has 0 fully saturated rings. The minimum atomic E-state index is -3.78. The Balaban J connectivity index is 1.74. The van der Waals surface area contributed by atoms with Crippen LogP contribution < -0.4 is 4.72 Å². The van der Waals surface area contributed by atoms with E-state index in [0.29, 0.717) is 16.8 Å². The van der Waals surface area contributed by atoms with E-state index in [1.807, 2.05) is 19.1 Å². The highest BCUT2D eigenvalue weighted by Gasteiger charge is 2.18. The lowest BCUT2D eigenvalue weighted by Crippen LogP contribution is -2.26. The van der Waals surface area contributed by atoms with Crippen molar-refractivity contribution in [1.82, 2.24) is 4.90 Å². The molecule has 0 spiro atoms. The van der Waals surface area contributed by atoms with Gasteiger partial charge in [-0.05, 0) is 48.9 Å². The molecule has 0 bridgehead atoms. The number of hydrogen-bond acceptors (Lipinski definition) is 3. The number of carbonyl (C=O) groups excluding carboxylic acids is 1. The highest BCUT2D eigenvalue weighted by atomic mass is 32.2. The van der Waals surface area contributed by atoms with Gasteiger partial charge in [-0.15, -0.1) is 0 Å². The van der Waals surface area contributed by atoms with E-state index in [1.54, 1.807) is 37.4 Å². The summed E-state index contributed by atoms with van der Waals surface area (Å²) in [7, 11) is -2.21. The van der Waals surface area contributed by atoms with Gasteiger partial charge in [0.05, 0.1) is 10.6 Å². The molecule has 0 saturated carbocycles. The second-order valence-corrected chi connectivity index (χ2v) is 8.38. The summed E-state index contributed by atoms with van der Waals surface area (Å²) in [5, 5.41) is 0. The van der Waals surface area contributed by atoms with Crippen LogP contribution in [-0.4, -0.2) is 26.3 Å². The fourth-order valence-electron chi connectivity index (χ4n) is 2.84. The van der Waals surface area contributed by atoms with Crippen molar-refractivity contribution in [3.05, 3.63) is 95.3 Å². The van der Waals surface area contributed by atoms with Crippen molar-refractivity contribution in [2.24, 2.45) is 0 Å². The zero-order valence-electron chi connectivity index (χ0n) is 16.1. The number of halogens is 1. The predicted octanol–water partition coefficient (Wildman–Crippen LogP) is 4.21. The predicted molar refractivity (Wildman–Crippen MR) is 111 cm³/mol. The number of nitrogens with one attached hydrogen (secondary N) is 1. The Morgan fingerprint density at radius 2 is 1.59 bits per heavy atom. The summed E-state index contributed by atoms with van der Waals surface area (Å²) < 4.78 is 41.5. The second-order valence-electron chi connectivity index (χ2n) is 6.70. The topological polar surface area (TPSA) is 66.5 Å². The van der Waals surface area contributed by atoms with Gasteiger partial charge in [-0.3, -0.25) is 9.52 Å². The van der Waals surface area contributed by atoms with Crippen LogP contribution in [0.15, 0.2) is 77.7 Å². The van der Waals surface area contributed by atoms with Crippen LogP contribution in [0.25, 0.3) is 0 Å². The van der Waals surface area contributed by atoms with Gasteiger partial charge in [0, 0.05) is 24.7 Å². The molecule has 3 aromatic carbocycles. The summed E-state index contributed by atoms with van der Waals surface area (Å²) in [6.07, 6.45) is 0. The quantitative estimate of drug-likeness (QED) is 0.660. The number of carbonyl (C=O) groups is 1. The Morgan fingerprint density at radius 1 is 0.966 bits per heavy atom. The summed E-state index contributed by atoms with van der Waals surface area (Å²) >= 11 is 0. The molecule has 3 rings (SSSR count). The van der Waals surface area contributed by atoms with E-state index >= 15 is 0 Å². The molecule has 0 atom stereocenters. The maximum Gasteiger partial charge on any atom is 0.261 e. The van der Waals surface area contributed by atoms with Crippen LogP contribution in [0.1, 0.15) is 21.5 Å². The number of hydrogen-bond donors (Lipinski definition) is 1. The summed E-state index contributed by atoms with van der Waals surface area (Å²) in [6.45, 7) is 1.92. The van der Waals surface area contributed by atoms with E-state index in [1.165, 1.54) is 35.2 Å². The maximum atomic E-state index is 13.8. The van der Waals surface area contributed by atoms with Gasteiger partial charge in [0.25, 0.3) is 15.9 Å². The van der Waals surface area contributed by atoms with E-state index in [-0.39, 0.29) is 23.2 Å². The molecular formula is C22H21FN2O3S. The Kier molecular flexibility index (Phi) is 5.98. The number of nitrogens with zero attached hydrogens (tertiary/aromatic N) is 1. The third-order valence-electron chi connectivity index (χ3n) is 4.51. The van der Waals surface area contributed by atoms with E-state index in [2.05, 4.69) is 4.72 Å². The molecule has 1 N–H and O–H groups in total. The number of benzene rings is 3. The molecule has 0 radical (unpaired) electrons. The number of sulfonamides is 1. The van der Waals surface area contributed by atoms with Gasteiger partial charge in [0.15, 0.2) is 0 Å². The minimum Gasteiger partial charge on any atom is -0.337 e. The first-order valence-corrected chi connectivity index (χ1v) is 10.4. The number of anilines is 1. The Labute approximate surface area is 169 Å². The average molecular weight is 412 g/mol. The molecule has 0 aliphatic heterocycles. The molecule has 0 heterocycles. The molecule has 0 aliphatic carbocycles. The average Bonchev–Trinajstić information content (AvgIpc) is 2.71. The van der Waals surface area contributed by atoms with Crippen LogP contribution in [0.2, 0.25) is 0 Å². The van der Waals surface area contributed by atoms with Crippen LogP contribution in [0.3, 0.4) is 0 Å². The van der Waals surface area contributed by atoms with Gasteiger partial charge >= 0.3 is 0 Å². The van der Waals surface area contributed by atoms with Gasteiger partial charge in [0.1, 0.15) is 5.82 Å². The monoisotopic (exact) mass is 412 g/mol. The Bertz CT molecular complexity index is 1130. The molecule has 1 amide bonds. The Morgan fingerprint density at radius 3 is 2.24 bits per heavy atom. The lowest BCUT2D eigenvalue weighted by Gasteiger charge is -2.18. The normalized spacial score (nSPS) is 11.1. The minimum absolute atomic E-state index is 0.0501. The van der Waals surface area contributed by atoms with Gasteiger partial charge in [0.2, 0.25) is 0 Å². The first-order chi connectivity index (χ1) is 13.8. The van der Waals surface area contributed by atoms with Crippen LogP contribution in [0.5, 0.6) is 0 Å². The second kappa shape index (κ2) is 8.45. The zero-order valence-corrected chi connectivity index (χ0v) is 16.9. The molecule has 3 aromatic rings. The van der Waals surface area contributed by atoms with Crippen LogP contribution in [0.4, 0.5) is 10.1 Å². The lowest BCUT2D eigenvalue weighted by atomic mass is 10.1. The van der Waals surface area contributed by atoms with Crippen molar-refractivity contribution in [3.63, 3.8) is 0 Å². The molecule has 7 heteroatoms. The van der Waals surface area contributed by atoms with Gasteiger partial charge < -0.3 is 4.90 Å². The van der Waals surface area contributed by atoms with Crippen molar-refractivity contribution < 1.29 is 17.6 Å². The third kappa shape index (κ3) is 4.81. The molecule has 0 aromatic heterocycles. The maximum absolute atomic E-state index is 13.8. The van der Waals surface area contributed by atoms with Crippen molar-refractivity contribution >= 4 is 21.6 Å². The summed E-state index contributed by atoms with van der Waals surface area (Å²) in [5.41, 5.74) is 2.03. The van der Waals surface area contributed by atoms with E-state index < -0.39 is 10.0 Å². The van der Waals surface area contributed by atoms with E-state index in [0.717, 1.165) is 5.56 Å². The number of amides is 1. The smallest absolute Gasteiger partial charge is 0.261 e. The highest BCUT2D eigenvalue weighted by molar-refractivity contribution is 7.92. The number of rotatable bonds is 6. The van der Waals surface area contributed by atoms with Crippen LogP contribution in [0, 0.1) is 12.7 Å². The molecule has 29 heavy (non-hydrogen) atoms.